The van der Waals surface area contributed by atoms with Crippen LogP contribution in [0.5, 0.6) is 0 Å². The first-order chi connectivity index (χ1) is 13.3. The Morgan fingerprint density at radius 1 is 0.821 bits per heavy atom. The first kappa shape index (κ1) is 19.3. The van der Waals surface area contributed by atoms with Crippen molar-refractivity contribution in [2.45, 2.75) is 6.18 Å². The number of para-hydroxylation sites is 1. The van der Waals surface area contributed by atoms with Crippen molar-refractivity contribution >= 4 is 22.7 Å². The van der Waals surface area contributed by atoms with E-state index in [1.165, 1.54) is 0 Å². The zero-order valence-electron chi connectivity index (χ0n) is 14.6. The van der Waals surface area contributed by atoms with Gasteiger partial charge in [-0.25, -0.2) is 4.98 Å². The van der Waals surface area contributed by atoms with E-state index in [1.54, 1.807) is 18.2 Å². The summed E-state index contributed by atoms with van der Waals surface area (Å²) in [6, 6.07) is 14.7. The summed E-state index contributed by atoms with van der Waals surface area (Å²) in [7, 11) is 0. The van der Waals surface area contributed by atoms with Crippen LogP contribution in [0, 0.1) is 0 Å². The topological polar surface area (TPSA) is 71.1 Å². The largest absolute Gasteiger partial charge is 0.416 e. The number of fused-ring (bicyclic) bond motifs is 1. The molecule has 5 nitrogen and oxygen atoms in total. The van der Waals surface area contributed by atoms with E-state index in [-0.39, 0.29) is 30.3 Å². The SMILES string of the molecule is O=C(NCCNC(=O)c1ccc2ccccc2n1)c1ccc(C(F)(F)F)cc1. The Bertz CT molecular complexity index is 1000. The van der Waals surface area contributed by atoms with Gasteiger partial charge in [0.2, 0.25) is 0 Å². The smallest absolute Gasteiger partial charge is 0.350 e. The Labute approximate surface area is 158 Å². The lowest BCUT2D eigenvalue weighted by molar-refractivity contribution is -0.137. The van der Waals surface area contributed by atoms with Crippen LogP contribution in [0.2, 0.25) is 0 Å². The molecule has 0 aliphatic carbocycles. The molecule has 0 spiro atoms. The standard InChI is InChI=1S/C20H16F3N3O2/c21-20(22,23)15-8-5-14(6-9-15)18(27)24-11-12-25-19(28)17-10-7-13-3-1-2-4-16(13)26-17/h1-10H,11-12H2,(H,24,27)(H,25,28). The molecule has 0 aliphatic rings. The summed E-state index contributed by atoms with van der Waals surface area (Å²) in [4.78, 5) is 28.4. The number of nitrogens with zero attached hydrogens (tertiary/aromatic N) is 1. The minimum Gasteiger partial charge on any atom is -0.350 e. The van der Waals surface area contributed by atoms with Gasteiger partial charge in [-0.1, -0.05) is 24.3 Å². The molecule has 2 aromatic carbocycles. The van der Waals surface area contributed by atoms with Gasteiger partial charge < -0.3 is 10.6 Å². The van der Waals surface area contributed by atoms with Crippen LogP contribution in [0.3, 0.4) is 0 Å². The number of pyridine rings is 1. The number of nitrogens with one attached hydrogen (secondary N) is 2. The van der Waals surface area contributed by atoms with Gasteiger partial charge in [0.1, 0.15) is 5.69 Å². The van der Waals surface area contributed by atoms with Crippen LogP contribution >= 0.6 is 0 Å². The highest BCUT2D eigenvalue weighted by Gasteiger charge is 2.30. The molecule has 8 heteroatoms. The third-order valence-electron chi connectivity index (χ3n) is 4.00. The number of benzene rings is 2. The molecular weight excluding hydrogens is 371 g/mol. The maximum atomic E-state index is 12.5. The number of carbonyl (C=O) groups is 2. The minimum atomic E-state index is -4.45. The van der Waals surface area contributed by atoms with Gasteiger partial charge in [-0.05, 0) is 36.4 Å². The monoisotopic (exact) mass is 387 g/mol. The zero-order valence-corrected chi connectivity index (χ0v) is 14.6. The molecule has 2 N–H and O–H groups in total. The van der Waals surface area contributed by atoms with Crippen molar-refractivity contribution in [2.75, 3.05) is 13.1 Å². The average molecular weight is 387 g/mol. The van der Waals surface area contributed by atoms with Crippen LogP contribution in [0.4, 0.5) is 13.2 Å². The van der Waals surface area contributed by atoms with Crippen LogP contribution in [0.15, 0.2) is 60.7 Å². The van der Waals surface area contributed by atoms with E-state index in [0.717, 1.165) is 29.7 Å². The second-order valence-corrected chi connectivity index (χ2v) is 5.98. The number of amides is 2. The third kappa shape index (κ3) is 4.64. The van der Waals surface area contributed by atoms with Crippen molar-refractivity contribution in [1.82, 2.24) is 15.6 Å². The van der Waals surface area contributed by atoms with E-state index >= 15 is 0 Å². The molecular formula is C20H16F3N3O2. The van der Waals surface area contributed by atoms with Crippen molar-refractivity contribution in [3.8, 4) is 0 Å². The molecule has 0 radical (unpaired) electrons. The third-order valence-corrected chi connectivity index (χ3v) is 4.00. The van der Waals surface area contributed by atoms with Gasteiger partial charge in [0, 0.05) is 24.0 Å². The summed E-state index contributed by atoms with van der Waals surface area (Å²) >= 11 is 0. The summed E-state index contributed by atoms with van der Waals surface area (Å²) in [6.45, 7) is 0.277. The van der Waals surface area contributed by atoms with Crippen molar-refractivity contribution in [3.63, 3.8) is 0 Å². The van der Waals surface area contributed by atoms with Gasteiger partial charge in [-0.15, -0.1) is 0 Å². The predicted molar refractivity (Wildman–Crippen MR) is 97.9 cm³/mol. The van der Waals surface area contributed by atoms with Gasteiger partial charge in [0.25, 0.3) is 11.8 Å². The van der Waals surface area contributed by atoms with Gasteiger partial charge >= 0.3 is 6.18 Å². The van der Waals surface area contributed by atoms with E-state index in [0.29, 0.717) is 5.52 Å². The Morgan fingerprint density at radius 2 is 1.46 bits per heavy atom. The fourth-order valence-corrected chi connectivity index (χ4v) is 2.55. The first-order valence-corrected chi connectivity index (χ1v) is 8.44. The molecule has 1 aromatic heterocycles. The highest BCUT2D eigenvalue weighted by atomic mass is 19.4. The molecule has 144 valence electrons. The lowest BCUT2D eigenvalue weighted by Crippen LogP contribution is -2.35. The molecule has 0 saturated carbocycles. The summed E-state index contributed by atoms with van der Waals surface area (Å²) < 4.78 is 37.6. The van der Waals surface area contributed by atoms with Gasteiger partial charge in [-0.3, -0.25) is 9.59 Å². The fourth-order valence-electron chi connectivity index (χ4n) is 2.55. The second-order valence-electron chi connectivity index (χ2n) is 5.98. The molecule has 3 aromatic rings. The van der Waals surface area contributed by atoms with Crippen LogP contribution in [0.25, 0.3) is 10.9 Å². The van der Waals surface area contributed by atoms with Crippen LogP contribution < -0.4 is 10.6 Å². The Kier molecular flexibility index (Phi) is 5.58. The molecule has 0 unspecified atom stereocenters. The molecule has 0 aliphatic heterocycles. The summed E-state index contributed by atoms with van der Waals surface area (Å²) in [6.07, 6.45) is -4.45. The number of alkyl halides is 3. The normalized spacial score (nSPS) is 11.2. The summed E-state index contributed by atoms with van der Waals surface area (Å²) in [5.41, 5.74) is 0.244. The van der Waals surface area contributed by atoms with E-state index in [9.17, 15) is 22.8 Å². The lowest BCUT2D eigenvalue weighted by Gasteiger charge is -2.09. The summed E-state index contributed by atoms with van der Waals surface area (Å²) in [5, 5.41) is 6.09. The van der Waals surface area contributed by atoms with E-state index in [1.807, 2.05) is 18.2 Å². The Hall–Kier alpha value is -3.42. The highest BCUT2D eigenvalue weighted by Crippen LogP contribution is 2.29. The second kappa shape index (κ2) is 8.08. The highest BCUT2D eigenvalue weighted by molar-refractivity contribution is 5.95. The maximum absolute atomic E-state index is 12.5. The summed E-state index contributed by atoms with van der Waals surface area (Å²) in [5.74, 6) is -0.902. The van der Waals surface area contributed by atoms with Crippen LogP contribution in [-0.4, -0.2) is 29.9 Å². The number of carbonyl (C=O) groups excluding carboxylic acids is 2. The molecule has 0 bridgehead atoms. The predicted octanol–water partition coefficient (Wildman–Crippen LogP) is 3.41. The molecule has 0 atom stereocenters. The molecule has 1 heterocycles. The average Bonchev–Trinajstić information content (AvgIpc) is 2.70. The lowest BCUT2D eigenvalue weighted by atomic mass is 10.1. The fraction of sp³-hybridized carbons (Fsp3) is 0.150. The number of halogens is 3. The molecule has 28 heavy (non-hydrogen) atoms. The molecule has 0 fully saturated rings. The number of hydrogen-bond acceptors (Lipinski definition) is 3. The molecule has 3 rings (SSSR count). The molecule has 0 saturated heterocycles. The van der Waals surface area contributed by atoms with E-state index in [4.69, 9.17) is 0 Å². The van der Waals surface area contributed by atoms with Crippen molar-refractivity contribution in [2.24, 2.45) is 0 Å². The van der Waals surface area contributed by atoms with Gasteiger partial charge in [-0.2, -0.15) is 13.2 Å². The van der Waals surface area contributed by atoms with E-state index in [2.05, 4.69) is 15.6 Å². The first-order valence-electron chi connectivity index (χ1n) is 8.44. The maximum Gasteiger partial charge on any atom is 0.416 e. The van der Waals surface area contributed by atoms with Crippen molar-refractivity contribution < 1.29 is 22.8 Å². The van der Waals surface area contributed by atoms with Crippen LogP contribution in [-0.2, 0) is 6.18 Å². The van der Waals surface area contributed by atoms with Crippen LogP contribution in [0.1, 0.15) is 26.4 Å². The Morgan fingerprint density at radius 3 is 2.14 bits per heavy atom. The molecule has 2 amide bonds. The quantitative estimate of drug-likeness (QED) is 0.659. The minimum absolute atomic E-state index is 0.107. The zero-order chi connectivity index (χ0) is 20.1. The van der Waals surface area contributed by atoms with Crippen molar-refractivity contribution in [3.05, 3.63) is 77.5 Å². The number of rotatable bonds is 5. The number of aromatic nitrogens is 1. The van der Waals surface area contributed by atoms with E-state index < -0.39 is 17.6 Å². The number of hydrogen-bond donors (Lipinski definition) is 2. The Balaban J connectivity index is 1.49. The van der Waals surface area contributed by atoms with Gasteiger partial charge in [0.15, 0.2) is 0 Å². The van der Waals surface area contributed by atoms with Crippen molar-refractivity contribution in [1.29, 1.82) is 0 Å². The van der Waals surface area contributed by atoms with Gasteiger partial charge in [0.05, 0.1) is 11.1 Å².